The maximum absolute atomic E-state index is 5.98. The van der Waals surface area contributed by atoms with E-state index in [-0.39, 0.29) is 6.04 Å². The minimum Gasteiger partial charge on any atom is -0.497 e. The molecule has 2 rings (SSSR count). The van der Waals surface area contributed by atoms with Crippen LogP contribution in [0.4, 0.5) is 0 Å². The second-order valence-corrected chi connectivity index (χ2v) is 4.91. The van der Waals surface area contributed by atoms with Gasteiger partial charge in [-0.1, -0.05) is 30.3 Å². The number of methoxy groups -OCH3 is 1. The van der Waals surface area contributed by atoms with Gasteiger partial charge in [0.1, 0.15) is 18.1 Å². The second-order valence-electron chi connectivity index (χ2n) is 4.91. The molecule has 0 heterocycles. The topological polar surface area (TPSA) is 44.5 Å². The van der Waals surface area contributed by atoms with Crippen LogP contribution in [-0.2, 0) is 6.61 Å². The van der Waals surface area contributed by atoms with E-state index < -0.39 is 0 Å². The predicted octanol–water partition coefficient (Wildman–Crippen LogP) is 3.60. The number of benzene rings is 2. The van der Waals surface area contributed by atoms with Crippen molar-refractivity contribution in [3.8, 4) is 11.5 Å². The first-order valence-electron chi connectivity index (χ1n) is 6.72. The van der Waals surface area contributed by atoms with Crippen molar-refractivity contribution in [3.63, 3.8) is 0 Å². The lowest BCUT2D eigenvalue weighted by molar-refractivity contribution is 0.298. The Labute approximate surface area is 120 Å². The molecule has 0 saturated carbocycles. The molecule has 0 radical (unpaired) electrons. The molecular formula is C17H21NO2. The van der Waals surface area contributed by atoms with Crippen molar-refractivity contribution in [2.24, 2.45) is 5.73 Å². The number of hydrogen-bond donors (Lipinski definition) is 1. The first kappa shape index (κ1) is 14.4. The van der Waals surface area contributed by atoms with Crippen LogP contribution in [0.15, 0.2) is 42.5 Å². The average molecular weight is 271 g/mol. The van der Waals surface area contributed by atoms with Gasteiger partial charge in [-0.2, -0.15) is 0 Å². The molecular weight excluding hydrogens is 250 g/mol. The quantitative estimate of drug-likeness (QED) is 0.903. The smallest absolute Gasteiger partial charge is 0.128 e. The van der Waals surface area contributed by atoms with Crippen LogP contribution >= 0.6 is 0 Å². The predicted molar refractivity (Wildman–Crippen MR) is 81.1 cm³/mol. The van der Waals surface area contributed by atoms with E-state index in [1.54, 1.807) is 7.11 Å². The Kier molecular flexibility index (Phi) is 4.64. The lowest BCUT2D eigenvalue weighted by atomic mass is 10.1. The minimum absolute atomic E-state index is 0.0761. The van der Waals surface area contributed by atoms with Crippen molar-refractivity contribution < 1.29 is 9.47 Å². The summed E-state index contributed by atoms with van der Waals surface area (Å²) in [5, 5.41) is 0. The monoisotopic (exact) mass is 271 g/mol. The number of rotatable bonds is 5. The highest BCUT2D eigenvalue weighted by atomic mass is 16.5. The van der Waals surface area contributed by atoms with E-state index in [0.717, 1.165) is 17.1 Å². The minimum atomic E-state index is -0.0761. The van der Waals surface area contributed by atoms with Crippen LogP contribution in [0.25, 0.3) is 0 Å². The van der Waals surface area contributed by atoms with E-state index in [2.05, 4.69) is 19.1 Å². The van der Waals surface area contributed by atoms with Crippen LogP contribution in [0, 0.1) is 6.92 Å². The summed E-state index contributed by atoms with van der Waals surface area (Å²) in [6.07, 6.45) is 0. The zero-order valence-corrected chi connectivity index (χ0v) is 12.2. The summed E-state index contributed by atoms with van der Waals surface area (Å²) < 4.78 is 11.2. The van der Waals surface area contributed by atoms with Gasteiger partial charge in [-0.25, -0.2) is 0 Å². The average Bonchev–Trinajstić information content (AvgIpc) is 2.46. The summed E-state index contributed by atoms with van der Waals surface area (Å²) in [6, 6.07) is 13.9. The van der Waals surface area contributed by atoms with Crippen LogP contribution in [0.5, 0.6) is 11.5 Å². The largest absolute Gasteiger partial charge is 0.497 e. The van der Waals surface area contributed by atoms with Gasteiger partial charge in [-0.3, -0.25) is 0 Å². The number of ether oxygens (including phenoxy) is 2. The summed E-state index contributed by atoms with van der Waals surface area (Å²) in [4.78, 5) is 0. The van der Waals surface area contributed by atoms with Crippen LogP contribution < -0.4 is 15.2 Å². The van der Waals surface area contributed by atoms with E-state index >= 15 is 0 Å². The standard InChI is InChI=1S/C17H21NO2/c1-12-6-4-5-7-14(12)11-20-17-10-15(19-3)8-9-16(17)13(2)18/h4-10,13H,11,18H2,1-3H3/t13-/m0/s1. The Morgan fingerprint density at radius 2 is 1.90 bits per heavy atom. The molecule has 1 atom stereocenters. The summed E-state index contributed by atoms with van der Waals surface area (Å²) in [5.41, 5.74) is 9.36. The van der Waals surface area contributed by atoms with Crippen LogP contribution in [-0.4, -0.2) is 7.11 Å². The Morgan fingerprint density at radius 1 is 1.15 bits per heavy atom. The van der Waals surface area contributed by atoms with E-state index in [0.29, 0.717) is 6.61 Å². The van der Waals surface area contributed by atoms with Crippen molar-refractivity contribution in [2.45, 2.75) is 26.5 Å². The fourth-order valence-corrected chi connectivity index (χ4v) is 2.07. The number of hydrogen-bond acceptors (Lipinski definition) is 3. The summed E-state index contributed by atoms with van der Waals surface area (Å²) in [5.74, 6) is 1.55. The molecule has 0 amide bonds. The Bertz CT molecular complexity index is 579. The fraction of sp³-hybridized carbons (Fsp3) is 0.294. The molecule has 0 aliphatic rings. The zero-order valence-electron chi connectivity index (χ0n) is 12.2. The summed E-state index contributed by atoms with van der Waals surface area (Å²) in [6.45, 7) is 4.55. The van der Waals surface area contributed by atoms with Crippen LogP contribution in [0.3, 0.4) is 0 Å². The van der Waals surface area contributed by atoms with Gasteiger partial charge < -0.3 is 15.2 Å². The van der Waals surface area contributed by atoms with Gasteiger partial charge in [0.25, 0.3) is 0 Å². The van der Waals surface area contributed by atoms with Gasteiger partial charge in [-0.15, -0.1) is 0 Å². The SMILES string of the molecule is COc1ccc([C@H](C)N)c(OCc2ccccc2C)c1. The fourth-order valence-electron chi connectivity index (χ4n) is 2.07. The second kappa shape index (κ2) is 6.44. The zero-order chi connectivity index (χ0) is 14.5. The lowest BCUT2D eigenvalue weighted by Gasteiger charge is -2.16. The van der Waals surface area contributed by atoms with Crippen molar-refractivity contribution >= 4 is 0 Å². The Hall–Kier alpha value is -2.00. The highest BCUT2D eigenvalue weighted by Crippen LogP contribution is 2.29. The van der Waals surface area contributed by atoms with Crippen LogP contribution in [0.1, 0.15) is 29.7 Å². The molecule has 0 bridgehead atoms. The van der Waals surface area contributed by atoms with Crippen molar-refractivity contribution in [3.05, 3.63) is 59.2 Å². The van der Waals surface area contributed by atoms with Gasteiger partial charge in [0.15, 0.2) is 0 Å². The third-order valence-electron chi connectivity index (χ3n) is 3.36. The molecule has 0 unspecified atom stereocenters. The lowest BCUT2D eigenvalue weighted by Crippen LogP contribution is -2.08. The molecule has 0 aliphatic heterocycles. The third kappa shape index (κ3) is 3.31. The Balaban J connectivity index is 2.21. The first-order valence-corrected chi connectivity index (χ1v) is 6.72. The number of nitrogens with two attached hydrogens (primary N) is 1. The maximum atomic E-state index is 5.98. The molecule has 0 fully saturated rings. The van der Waals surface area contributed by atoms with E-state index in [1.807, 2.05) is 37.3 Å². The molecule has 2 aromatic rings. The molecule has 20 heavy (non-hydrogen) atoms. The molecule has 3 heteroatoms. The Morgan fingerprint density at radius 3 is 2.55 bits per heavy atom. The van der Waals surface area contributed by atoms with Crippen molar-refractivity contribution in [1.29, 1.82) is 0 Å². The van der Waals surface area contributed by atoms with E-state index in [9.17, 15) is 0 Å². The molecule has 2 aromatic carbocycles. The molecule has 0 saturated heterocycles. The number of aryl methyl sites for hydroxylation is 1. The highest BCUT2D eigenvalue weighted by molar-refractivity contribution is 5.42. The molecule has 2 N–H and O–H groups in total. The van der Waals surface area contributed by atoms with Crippen molar-refractivity contribution in [2.75, 3.05) is 7.11 Å². The normalized spacial score (nSPS) is 12.0. The molecule has 0 aliphatic carbocycles. The van der Waals surface area contributed by atoms with E-state index in [1.165, 1.54) is 11.1 Å². The summed E-state index contributed by atoms with van der Waals surface area (Å²) >= 11 is 0. The molecule has 3 nitrogen and oxygen atoms in total. The van der Waals surface area contributed by atoms with Gasteiger partial charge >= 0.3 is 0 Å². The molecule has 0 aromatic heterocycles. The van der Waals surface area contributed by atoms with Gasteiger partial charge in [0.05, 0.1) is 7.11 Å². The van der Waals surface area contributed by atoms with Crippen LogP contribution in [0.2, 0.25) is 0 Å². The third-order valence-corrected chi connectivity index (χ3v) is 3.36. The van der Waals surface area contributed by atoms with Crippen molar-refractivity contribution in [1.82, 2.24) is 0 Å². The van der Waals surface area contributed by atoms with E-state index in [4.69, 9.17) is 15.2 Å². The van der Waals surface area contributed by atoms with Gasteiger partial charge in [0.2, 0.25) is 0 Å². The summed E-state index contributed by atoms with van der Waals surface area (Å²) in [7, 11) is 1.64. The van der Waals surface area contributed by atoms with Gasteiger partial charge in [0, 0.05) is 17.7 Å². The maximum Gasteiger partial charge on any atom is 0.128 e. The van der Waals surface area contributed by atoms with Gasteiger partial charge in [-0.05, 0) is 31.0 Å². The molecule has 106 valence electrons. The first-order chi connectivity index (χ1) is 9.61. The molecule has 0 spiro atoms. The highest BCUT2D eigenvalue weighted by Gasteiger charge is 2.10.